The molecule has 2 aromatic rings. The van der Waals surface area contributed by atoms with Crippen LogP contribution >= 0.6 is 11.3 Å². The zero-order valence-electron chi connectivity index (χ0n) is 11.6. The first-order chi connectivity index (χ1) is 9.42. The minimum atomic E-state index is 0.350. The highest BCUT2D eigenvalue weighted by molar-refractivity contribution is 7.10. The van der Waals surface area contributed by atoms with Gasteiger partial charge in [0.2, 0.25) is 0 Å². The van der Waals surface area contributed by atoms with Crippen LogP contribution in [0.3, 0.4) is 0 Å². The molecule has 1 nitrogen and oxygen atoms in total. The lowest BCUT2D eigenvalue weighted by Crippen LogP contribution is -2.22. The van der Waals surface area contributed by atoms with E-state index in [1.165, 1.54) is 36.1 Å². The molecule has 1 N–H and O–H groups in total. The maximum absolute atomic E-state index is 3.71. The lowest BCUT2D eigenvalue weighted by Gasteiger charge is -2.18. The first-order valence-electron chi connectivity index (χ1n) is 7.23. The van der Waals surface area contributed by atoms with Crippen molar-refractivity contribution < 1.29 is 0 Å². The lowest BCUT2D eigenvalue weighted by molar-refractivity contribution is 0.560. The molecule has 0 aliphatic heterocycles. The van der Waals surface area contributed by atoms with E-state index in [0.717, 1.165) is 6.54 Å². The summed E-state index contributed by atoms with van der Waals surface area (Å²) in [5, 5.41) is 5.86. The maximum atomic E-state index is 3.71. The van der Waals surface area contributed by atoms with Crippen molar-refractivity contribution in [3.05, 3.63) is 58.3 Å². The second-order valence-electron chi connectivity index (χ2n) is 4.87. The minimum absolute atomic E-state index is 0.350. The van der Waals surface area contributed by atoms with Gasteiger partial charge in [-0.1, -0.05) is 62.6 Å². The van der Waals surface area contributed by atoms with E-state index < -0.39 is 0 Å². The van der Waals surface area contributed by atoms with E-state index in [1.54, 1.807) is 0 Å². The molecule has 19 heavy (non-hydrogen) atoms. The molecular formula is C17H23NS. The Morgan fingerprint density at radius 1 is 1.00 bits per heavy atom. The third kappa shape index (κ3) is 4.48. The number of unbranched alkanes of at least 4 members (excludes halogenated alkanes) is 3. The molecule has 1 atom stereocenters. The van der Waals surface area contributed by atoms with Gasteiger partial charge < -0.3 is 5.32 Å². The van der Waals surface area contributed by atoms with Crippen LogP contribution in [0.25, 0.3) is 0 Å². The number of benzene rings is 1. The van der Waals surface area contributed by atoms with Gasteiger partial charge in [0, 0.05) is 4.88 Å². The molecule has 2 heteroatoms. The summed E-state index contributed by atoms with van der Waals surface area (Å²) in [4.78, 5) is 1.40. The van der Waals surface area contributed by atoms with E-state index in [2.05, 4.69) is 60.1 Å². The van der Waals surface area contributed by atoms with Crippen LogP contribution in [0, 0.1) is 0 Å². The Kier molecular flexibility index (Phi) is 6.12. The first kappa shape index (κ1) is 14.3. The molecule has 102 valence electrons. The highest BCUT2D eigenvalue weighted by Gasteiger charge is 2.13. The summed E-state index contributed by atoms with van der Waals surface area (Å²) in [6.07, 6.45) is 5.24. The Labute approximate surface area is 120 Å². The van der Waals surface area contributed by atoms with E-state index in [9.17, 15) is 0 Å². The molecule has 2 rings (SSSR count). The SMILES string of the molecule is CCCCCCNC(c1ccccc1)c1cccs1. The van der Waals surface area contributed by atoms with Gasteiger partial charge in [-0.3, -0.25) is 0 Å². The fourth-order valence-corrected chi connectivity index (χ4v) is 3.11. The summed E-state index contributed by atoms with van der Waals surface area (Å²) >= 11 is 1.83. The van der Waals surface area contributed by atoms with Crippen molar-refractivity contribution in [1.82, 2.24) is 5.32 Å². The van der Waals surface area contributed by atoms with Crippen LogP contribution in [0.1, 0.15) is 49.1 Å². The van der Waals surface area contributed by atoms with Gasteiger partial charge in [-0.2, -0.15) is 0 Å². The third-order valence-electron chi connectivity index (χ3n) is 3.34. The van der Waals surface area contributed by atoms with Crippen molar-refractivity contribution in [2.75, 3.05) is 6.54 Å². The van der Waals surface area contributed by atoms with Gasteiger partial charge in [0.25, 0.3) is 0 Å². The minimum Gasteiger partial charge on any atom is -0.306 e. The second kappa shape index (κ2) is 8.13. The normalized spacial score (nSPS) is 12.5. The summed E-state index contributed by atoms with van der Waals surface area (Å²) < 4.78 is 0. The lowest BCUT2D eigenvalue weighted by atomic mass is 10.1. The molecule has 0 amide bonds. The molecule has 0 radical (unpaired) electrons. The summed E-state index contributed by atoms with van der Waals surface area (Å²) in [6, 6.07) is 15.4. The summed E-state index contributed by atoms with van der Waals surface area (Å²) in [6.45, 7) is 3.35. The number of hydrogen-bond acceptors (Lipinski definition) is 2. The first-order valence-corrected chi connectivity index (χ1v) is 8.11. The van der Waals surface area contributed by atoms with Crippen molar-refractivity contribution >= 4 is 11.3 Å². The van der Waals surface area contributed by atoms with E-state index in [1.807, 2.05) is 11.3 Å². The Balaban J connectivity index is 1.96. The molecule has 0 aliphatic carbocycles. The van der Waals surface area contributed by atoms with Gasteiger partial charge >= 0.3 is 0 Å². The van der Waals surface area contributed by atoms with Crippen molar-refractivity contribution in [3.8, 4) is 0 Å². The topological polar surface area (TPSA) is 12.0 Å². The molecule has 1 aromatic heterocycles. The quantitative estimate of drug-likeness (QED) is 0.667. The zero-order chi connectivity index (χ0) is 13.3. The summed E-state index contributed by atoms with van der Waals surface area (Å²) in [5.41, 5.74) is 1.36. The second-order valence-corrected chi connectivity index (χ2v) is 5.85. The summed E-state index contributed by atoms with van der Waals surface area (Å²) in [7, 11) is 0. The predicted octanol–water partition coefficient (Wildman–Crippen LogP) is 5.01. The highest BCUT2D eigenvalue weighted by atomic mass is 32.1. The molecule has 0 fully saturated rings. The van der Waals surface area contributed by atoms with Crippen LogP contribution in [-0.2, 0) is 0 Å². The molecule has 0 bridgehead atoms. The van der Waals surface area contributed by atoms with Crippen molar-refractivity contribution in [2.24, 2.45) is 0 Å². The van der Waals surface area contributed by atoms with Crippen LogP contribution < -0.4 is 5.32 Å². The number of nitrogens with one attached hydrogen (secondary N) is 1. The molecular weight excluding hydrogens is 250 g/mol. The number of hydrogen-bond donors (Lipinski definition) is 1. The van der Waals surface area contributed by atoms with Gasteiger partial charge in [-0.05, 0) is 30.0 Å². The van der Waals surface area contributed by atoms with Gasteiger partial charge in [-0.25, -0.2) is 0 Å². The fraction of sp³-hybridized carbons (Fsp3) is 0.412. The number of rotatable bonds is 8. The van der Waals surface area contributed by atoms with Crippen LogP contribution in [0.4, 0.5) is 0 Å². The van der Waals surface area contributed by atoms with Crippen molar-refractivity contribution in [2.45, 2.75) is 38.6 Å². The predicted molar refractivity (Wildman–Crippen MR) is 84.7 cm³/mol. The van der Waals surface area contributed by atoms with Crippen LogP contribution in [0.2, 0.25) is 0 Å². The largest absolute Gasteiger partial charge is 0.306 e. The molecule has 1 unspecified atom stereocenters. The van der Waals surface area contributed by atoms with E-state index in [4.69, 9.17) is 0 Å². The average molecular weight is 273 g/mol. The Hall–Kier alpha value is -1.12. The fourth-order valence-electron chi connectivity index (χ4n) is 2.28. The van der Waals surface area contributed by atoms with Gasteiger partial charge in [0.15, 0.2) is 0 Å². The number of thiophene rings is 1. The van der Waals surface area contributed by atoms with Gasteiger partial charge in [0.1, 0.15) is 0 Å². The van der Waals surface area contributed by atoms with E-state index in [-0.39, 0.29) is 0 Å². The molecule has 1 heterocycles. The third-order valence-corrected chi connectivity index (χ3v) is 4.28. The Morgan fingerprint density at radius 3 is 2.53 bits per heavy atom. The maximum Gasteiger partial charge on any atom is 0.0671 e. The molecule has 0 spiro atoms. The van der Waals surface area contributed by atoms with Crippen LogP contribution in [0.5, 0.6) is 0 Å². The van der Waals surface area contributed by atoms with Crippen LogP contribution in [-0.4, -0.2) is 6.54 Å². The highest BCUT2D eigenvalue weighted by Crippen LogP contribution is 2.25. The van der Waals surface area contributed by atoms with E-state index in [0.29, 0.717) is 6.04 Å². The summed E-state index contributed by atoms with van der Waals surface area (Å²) in [5.74, 6) is 0. The smallest absolute Gasteiger partial charge is 0.0671 e. The molecule has 1 aromatic carbocycles. The molecule has 0 aliphatic rings. The average Bonchev–Trinajstić information content (AvgIpc) is 2.98. The van der Waals surface area contributed by atoms with Crippen LogP contribution in [0.15, 0.2) is 47.8 Å². The molecule has 0 saturated heterocycles. The monoisotopic (exact) mass is 273 g/mol. The Morgan fingerprint density at radius 2 is 1.84 bits per heavy atom. The van der Waals surface area contributed by atoms with Crippen molar-refractivity contribution in [3.63, 3.8) is 0 Å². The Bertz CT molecular complexity index is 436. The standard InChI is InChI=1S/C17H23NS/c1-2-3-4-8-13-18-17(16-12-9-14-19-16)15-10-6-5-7-11-15/h5-7,9-12,14,17-18H,2-4,8,13H2,1H3. The van der Waals surface area contributed by atoms with Gasteiger partial charge in [0.05, 0.1) is 6.04 Å². The molecule has 0 saturated carbocycles. The van der Waals surface area contributed by atoms with Gasteiger partial charge in [-0.15, -0.1) is 11.3 Å². The van der Waals surface area contributed by atoms with Crippen molar-refractivity contribution in [1.29, 1.82) is 0 Å². The zero-order valence-corrected chi connectivity index (χ0v) is 12.5. The van der Waals surface area contributed by atoms with E-state index >= 15 is 0 Å².